The van der Waals surface area contributed by atoms with Crippen LogP contribution in [0.5, 0.6) is 0 Å². The third kappa shape index (κ3) is 6.82. The lowest BCUT2D eigenvalue weighted by Gasteiger charge is -2.52. The molecule has 3 aliphatic rings. The number of aliphatic imine (C=N–C) groups is 2. The predicted octanol–water partition coefficient (Wildman–Crippen LogP) is 4.43. The quantitative estimate of drug-likeness (QED) is 0.0642. The third-order valence-electron chi connectivity index (χ3n) is 10.1. The van der Waals surface area contributed by atoms with Gasteiger partial charge in [0.25, 0.3) is 11.0 Å². The highest BCUT2D eigenvalue weighted by Crippen LogP contribution is 2.47. The topological polar surface area (TPSA) is 177 Å². The Kier molecular flexibility index (Phi) is 10.7. The molecule has 0 spiro atoms. The average Bonchev–Trinajstić information content (AvgIpc) is 3.93. The van der Waals surface area contributed by atoms with E-state index in [1.165, 1.54) is 23.0 Å². The van der Waals surface area contributed by atoms with Gasteiger partial charge in [0, 0.05) is 28.5 Å². The summed E-state index contributed by atoms with van der Waals surface area (Å²) in [5, 5.41) is 33.2. The summed E-state index contributed by atoms with van der Waals surface area (Å²) in [6.07, 6.45) is -6.29. The number of Topliss-reactive ketones (excluding diaryl/α,β-unsaturated/α-hetero) is 2. The van der Waals surface area contributed by atoms with Crippen LogP contribution in [0.4, 0.5) is 0 Å². The molecular formula is C41H37ClN6O7S2. The van der Waals surface area contributed by atoms with Gasteiger partial charge in [-0.3, -0.25) is 19.3 Å². The Morgan fingerprint density at radius 3 is 2.09 bits per heavy atom. The number of thioether (sulfide) groups is 1. The van der Waals surface area contributed by atoms with Gasteiger partial charge in [-0.25, -0.2) is 15.0 Å². The summed E-state index contributed by atoms with van der Waals surface area (Å²) >= 11 is 10.6. The lowest BCUT2D eigenvalue weighted by molar-refractivity contribution is -0.105. The summed E-state index contributed by atoms with van der Waals surface area (Å²) in [5.41, 5.74) is -0.818. The van der Waals surface area contributed by atoms with E-state index in [4.69, 9.17) is 31.3 Å². The van der Waals surface area contributed by atoms with Crippen LogP contribution in [-0.2, 0) is 4.74 Å². The fourth-order valence-corrected chi connectivity index (χ4v) is 9.71. The maximum absolute atomic E-state index is 15.3. The average molecular weight is 825 g/mol. The molecular weight excluding hydrogens is 788 g/mol. The van der Waals surface area contributed by atoms with Gasteiger partial charge in [0.15, 0.2) is 16.7 Å². The number of amides is 1. The molecule has 3 aliphatic heterocycles. The number of amidine groups is 1. The zero-order valence-electron chi connectivity index (χ0n) is 30.3. The van der Waals surface area contributed by atoms with Crippen LogP contribution in [0.1, 0.15) is 38.0 Å². The van der Waals surface area contributed by atoms with Gasteiger partial charge in [0.2, 0.25) is 17.1 Å². The van der Waals surface area contributed by atoms with Crippen LogP contribution in [-0.4, -0.2) is 120 Å². The van der Waals surface area contributed by atoms with E-state index in [2.05, 4.69) is 5.32 Å². The van der Waals surface area contributed by atoms with Crippen molar-refractivity contribution in [3.8, 4) is 0 Å². The van der Waals surface area contributed by atoms with Gasteiger partial charge in [-0.2, -0.15) is 0 Å². The first-order valence-corrected chi connectivity index (χ1v) is 20.3. The number of carbonyl (C=O) groups is 3. The molecule has 1 saturated heterocycles. The SMILES string of the molecule is C[C@H](CSc1nc2ccccc2s1)NC1=NC(Cl)(C(=O)c2ccccc2)N(C(=O)c2ccccc2)C2N([C@@H]3O[C@H](CO)C(O)C3O)C=NC12C(=O)c1ccccc1. The smallest absolute Gasteiger partial charge is 0.279 e. The molecule has 0 aliphatic carbocycles. The number of aliphatic hydroxyl groups excluding tert-OH is 3. The van der Waals surface area contributed by atoms with E-state index in [9.17, 15) is 20.1 Å². The second-order valence-electron chi connectivity index (χ2n) is 13.8. The number of alkyl halides is 1. The number of hydrogen-bond acceptors (Lipinski definition) is 14. The molecule has 1 fully saturated rings. The van der Waals surface area contributed by atoms with E-state index < -0.39 is 71.5 Å². The zero-order valence-corrected chi connectivity index (χ0v) is 32.7. The van der Waals surface area contributed by atoms with E-state index in [1.807, 2.05) is 31.2 Å². The predicted molar refractivity (Wildman–Crippen MR) is 218 cm³/mol. The normalized spacial score (nSPS) is 27.2. The molecule has 13 nitrogen and oxygen atoms in total. The van der Waals surface area contributed by atoms with Crippen molar-refractivity contribution in [1.29, 1.82) is 0 Å². The van der Waals surface area contributed by atoms with Crippen LogP contribution in [0, 0.1) is 0 Å². The Morgan fingerprint density at radius 1 is 0.877 bits per heavy atom. The van der Waals surface area contributed by atoms with Crippen LogP contribution in [0.3, 0.4) is 0 Å². The fourth-order valence-electron chi connectivity index (χ4n) is 7.31. The van der Waals surface area contributed by atoms with Crippen molar-refractivity contribution in [1.82, 2.24) is 20.1 Å². The third-order valence-corrected chi connectivity index (χ3v) is 13.0. The highest BCUT2D eigenvalue weighted by Gasteiger charge is 2.69. The van der Waals surface area contributed by atoms with Crippen molar-refractivity contribution in [2.45, 2.75) is 58.7 Å². The Hall–Kier alpha value is -5.00. The molecule has 16 heteroatoms. The summed E-state index contributed by atoms with van der Waals surface area (Å²) < 4.78 is 7.87. The molecule has 4 heterocycles. The number of ether oxygens (including phenoxy) is 1. The van der Waals surface area contributed by atoms with Crippen LogP contribution in [0.15, 0.2) is 130 Å². The van der Waals surface area contributed by atoms with Gasteiger partial charge in [-0.1, -0.05) is 114 Å². The minimum atomic E-state index is -2.55. The largest absolute Gasteiger partial charge is 0.394 e. The standard InChI is InChI=1S/C41H37ClN6O7S2/c1-24(22-56-39-45-28-19-11-12-20-30(28)57-39)44-37-40(33(52)25-13-5-2-6-14-25)38(47(23-43-40)36-32(51)31(50)29(21-49)55-36)48(35(54)27-17-9-4-10-18-27)41(42,46-37)34(53)26-15-7-3-8-16-26/h2-20,23-24,29,31-32,36,38,49-51H,21-22H2,1H3,(H,44,46)/t24-,29-,31?,32?,36-,38?,40?,41?/m1/s1. The molecule has 0 saturated carbocycles. The van der Waals surface area contributed by atoms with Gasteiger partial charge in [-0.05, 0) is 31.2 Å². The molecule has 5 aromatic rings. The number of rotatable bonds is 11. The second kappa shape index (κ2) is 15.7. The Labute approximate surface area is 340 Å². The van der Waals surface area contributed by atoms with Crippen molar-refractivity contribution in [3.63, 3.8) is 0 Å². The van der Waals surface area contributed by atoms with Crippen LogP contribution < -0.4 is 5.32 Å². The molecule has 8 rings (SSSR count). The second-order valence-corrected chi connectivity index (χ2v) is 16.7. The van der Waals surface area contributed by atoms with Crippen molar-refractivity contribution in [2.24, 2.45) is 9.98 Å². The van der Waals surface area contributed by atoms with Crippen LogP contribution in [0.25, 0.3) is 10.2 Å². The first-order valence-electron chi connectivity index (χ1n) is 18.1. The number of halogens is 1. The monoisotopic (exact) mass is 824 g/mol. The number of aliphatic hydroxyl groups is 3. The fraction of sp³-hybridized carbons (Fsp3) is 0.268. The lowest BCUT2D eigenvalue weighted by atomic mass is 9.81. The molecule has 8 atom stereocenters. The number of ketones is 2. The van der Waals surface area contributed by atoms with E-state index in [0.29, 0.717) is 5.75 Å². The molecule has 1 amide bonds. The highest BCUT2D eigenvalue weighted by molar-refractivity contribution is 8.01. The molecule has 0 bridgehead atoms. The molecule has 1 aromatic heterocycles. The number of fused-ring (bicyclic) bond motifs is 2. The van der Waals surface area contributed by atoms with Crippen molar-refractivity contribution < 1.29 is 34.4 Å². The molecule has 5 unspecified atom stereocenters. The van der Waals surface area contributed by atoms with Crippen molar-refractivity contribution in [2.75, 3.05) is 12.4 Å². The highest BCUT2D eigenvalue weighted by atomic mass is 35.5. The summed E-state index contributed by atoms with van der Waals surface area (Å²) in [6, 6.07) is 31.9. The van der Waals surface area contributed by atoms with Crippen LogP contribution in [0.2, 0.25) is 0 Å². The van der Waals surface area contributed by atoms with E-state index in [-0.39, 0.29) is 22.5 Å². The van der Waals surface area contributed by atoms with Gasteiger partial charge in [-0.15, -0.1) is 11.3 Å². The number of hydrogen-bond donors (Lipinski definition) is 4. The number of nitrogens with one attached hydrogen (secondary N) is 1. The molecule has 292 valence electrons. The Morgan fingerprint density at radius 2 is 1.47 bits per heavy atom. The lowest BCUT2D eigenvalue weighted by Crippen LogP contribution is -2.76. The maximum atomic E-state index is 15.3. The van der Waals surface area contributed by atoms with Gasteiger partial charge in [0.1, 0.15) is 24.1 Å². The van der Waals surface area contributed by atoms with E-state index in [0.717, 1.165) is 19.5 Å². The number of thiazole rings is 1. The van der Waals surface area contributed by atoms with Crippen molar-refractivity contribution in [3.05, 3.63) is 132 Å². The number of aromatic nitrogens is 1. The summed E-state index contributed by atoms with van der Waals surface area (Å²) in [5.74, 6) is -1.85. The number of para-hydroxylation sites is 1. The van der Waals surface area contributed by atoms with E-state index >= 15 is 9.59 Å². The van der Waals surface area contributed by atoms with Gasteiger partial charge < -0.3 is 30.3 Å². The summed E-state index contributed by atoms with van der Waals surface area (Å²) in [6.45, 7) is 1.23. The minimum Gasteiger partial charge on any atom is -0.394 e. The van der Waals surface area contributed by atoms with Crippen LogP contribution >= 0.6 is 34.7 Å². The molecule has 57 heavy (non-hydrogen) atoms. The molecule has 4 aromatic carbocycles. The molecule has 4 N–H and O–H groups in total. The molecule has 0 radical (unpaired) electrons. The summed E-state index contributed by atoms with van der Waals surface area (Å²) in [7, 11) is 0. The van der Waals surface area contributed by atoms with E-state index in [1.54, 1.807) is 102 Å². The Balaban J connectivity index is 1.31. The first kappa shape index (κ1) is 38.9. The number of carbonyl (C=O) groups excluding carboxylic acids is 3. The number of benzene rings is 4. The minimum absolute atomic E-state index is 0.111. The first-order chi connectivity index (χ1) is 27.6. The number of nitrogens with zero attached hydrogens (tertiary/aromatic N) is 5. The zero-order chi connectivity index (χ0) is 39.9. The summed E-state index contributed by atoms with van der Waals surface area (Å²) in [4.78, 5) is 62.1. The van der Waals surface area contributed by atoms with Crippen molar-refractivity contribution >= 4 is 74.6 Å². The van der Waals surface area contributed by atoms with Gasteiger partial charge in [0.05, 0.1) is 23.2 Å². The van der Waals surface area contributed by atoms with Gasteiger partial charge >= 0.3 is 0 Å². The maximum Gasteiger partial charge on any atom is 0.279 e. The Bertz CT molecular complexity index is 2320.